The summed E-state index contributed by atoms with van der Waals surface area (Å²) in [5.41, 5.74) is 3.33. The SMILES string of the molecule is COc1cc([C@H]2NC(=O)NC(C)=C2C(=O)c2ccccc2)ccc1OCc1ccccc1. The summed E-state index contributed by atoms with van der Waals surface area (Å²) in [7, 11) is 1.56. The number of hydrogen-bond donors (Lipinski definition) is 2. The molecule has 2 amide bonds. The minimum atomic E-state index is -0.617. The average molecular weight is 428 g/mol. The van der Waals surface area contributed by atoms with E-state index in [-0.39, 0.29) is 11.8 Å². The zero-order chi connectivity index (χ0) is 22.5. The van der Waals surface area contributed by atoms with E-state index in [0.29, 0.717) is 34.9 Å². The highest BCUT2D eigenvalue weighted by atomic mass is 16.5. The minimum Gasteiger partial charge on any atom is -0.493 e. The second-order valence-electron chi connectivity index (χ2n) is 7.45. The largest absolute Gasteiger partial charge is 0.493 e. The van der Waals surface area contributed by atoms with Gasteiger partial charge in [0.05, 0.1) is 13.2 Å². The molecular weight excluding hydrogens is 404 g/mol. The van der Waals surface area contributed by atoms with Crippen LogP contribution in [-0.4, -0.2) is 18.9 Å². The molecule has 3 aromatic rings. The third-order valence-corrected chi connectivity index (χ3v) is 5.31. The fourth-order valence-electron chi connectivity index (χ4n) is 3.71. The van der Waals surface area contributed by atoms with Crippen molar-refractivity contribution in [1.29, 1.82) is 0 Å². The van der Waals surface area contributed by atoms with E-state index >= 15 is 0 Å². The molecule has 0 spiro atoms. The lowest BCUT2D eigenvalue weighted by molar-refractivity contribution is 0.102. The molecule has 0 bridgehead atoms. The molecular formula is C26H24N2O4. The predicted molar refractivity (Wildman–Crippen MR) is 122 cm³/mol. The van der Waals surface area contributed by atoms with E-state index in [1.165, 1.54) is 0 Å². The van der Waals surface area contributed by atoms with E-state index in [4.69, 9.17) is 9.47 Å². The molecule has 1 heterocycles. The molecule has 0 aliphatic carbocycles. The first-order valence-corrected chi connectivity index (χ1v) is 10.3. The van der Waals surface area contributed by atoms with Crippen molar-refractivity contribution in [3.05, 3.63) is 107 Å². The molecule has 1 aliphatic heterocycles. The lowest BCUT2D eigenvalue weighted by Crippen LogP contribution is -2.45. The number of ether oxygens (including phenoxy) is 2. The molecule has 6 heteroatoms. The van der Waals surface area contributed by atoms with Crippen LogP contribution in [0.5, 0.6) is 11.5 Å². The van der Waals surface area contributed by atoms with E-state index in [9.17, 15) is 9.59 Å². The van der Waals surface area contributed by atoms with Crippen LogP contribution in [0.15, 0.2) is 90.1 Å². The fraction of sp³-hybridized carbons (Fsp3) is 0.154. The average Bonchev–Trinajstić information content (AvgIpc) is 2.83. The van der Waals surface area contributed by atoms with Crippen LogP contribution in [0, 0.1) is 0 Å². The Hall–Kier alpha value is -4.06. The molecule has 4 rings (SSSR count). The van der Waals surface area contributed by atoms with Gasteiger partial charge in [0.2, 0.25) is 0 Å². The van der Waals surface area contributed by atoms with Gasteiger partial charge in [-0.05, 0) is 30.2 Å². The topological polar surface area (TPSA) is 76.7 Å². The number of urea groups is 1. The number of methoxy groups -OCH3 is 1. The van der Waals surface area contributed by atoms with Crippen molar-refractivity contribution >= 4 is 11.8 Å². The maximum atomic E-state index is 13.3. The van der Waals surface area contributed by atoms with Crippen molar-refractivity contribution in [2.75, 3.05) is 7.11 Å². The van der Waals surface area contributed by atoms with Crippen LogP contribution in [0.4, 0.5) is 4.79 Å². The van der Waals surface area contributed by atoms with Crippen LogP contribution in [-0.2, 0) is 6.61 Å². The Morgan fingerprint density at radius 2 is 1.62 bits per heavy atom. The first-order valence-electron chi connectivity index (χ1n) is 10.3. The van der Waals surface area contributed by atoms with E-state index < -0.39 is 6.04 Å². The van der Waals surface area contributed by atoms with E-state index in [0.717, 1.165) is 11.1 Å². The summed E-state index contributed by atoms with van der Waals surface area (Å²) < 4.78 is 11.5. The number of ketones is 1. The molecule has 1 atom stereocenters. The molecule has 0 saturated heterocycles. The third-order valence-electron chi connectivity index (χ3n) is 5.31. The molecule has 0 aromatic heterocycles. The van der Waals surface area contributed by atoms with Crippen molar-refractivity contribution in [3.63, 3.8) is 0 Å². The Morgan fingerprint density at radius 3 is 2.31 bits per heavy atom. The maximum absolute atomic E-state index is 13.3. The Bertz CT molecular complexity index is 1160. The molecule has 6 nitrogen and oxygen atoms in total. The number of carbonyl (C=O) groups is 2. The molecule has 32 heavy (non-hydrogen) atoms. The van der Waals surface area contributed by atoms with Crippen LogP contribution in [0.3, 0.4) is 0 Å². The monoisotopic (exact) mass is 428 g/mol. The van der Waals surface area contributed by atoms with E-state index in [1.54, 1.807) is 38.3 Å². The van der Waals surface area contributed by atoms with Crippen LogP contribution in [0.25, 0.3) is 0 Å². The number of Topliss-reactive ketones (excluding diaryl/α,β-unsaturated/α-hetero) is 1. The van der Waals surface area contributed by atoms with Crippen LogP contribution in [0.2, 0.25) is 0 Å². The van der Waals surface area contributed by atoms with Gasteiger partial charge in [-0.25, -0.2) is 4.79 Å². The maximum Gasteiger partial charge on any atom is 0.319 e. The van der Waals surface area contributed by atoms with Gasteiger partial charge < -0.3 is 20.1 Å². The van der Waals surface area contributed by atoms with Gasteiger partial charge in [0.15, 0.2) is 17.3 Å². The highest BCUT2D eigenvalue weighted by molar-refractivity contribution is 6.11. The molecule has 1 aliphatic rings. The van der Waals surface area contributed by atoms with Crippen molar-refractivity contribution in [2.45, 2.75) is 19.6 Å². The number of nitrogens with one attached hydrogen (secondary N) is 2. The van der Waals surface area contributed by atoms with Crippen LogP contribution < -0.4 is 20.1 Å². The van der Waals surface area contributed by atoms with Crippen LogP contribution >= 0.6 is 0 Å². The zero-order valence-corrected chi connectivity index (χ0v) is 17.9. The second kappa shape index (κ2) is 9.39. The summed E-state index contributed by atoms with van der Waals surface area (Å²) >= 11 is 0. The molecule has 0 saturated carbocycles. The lowest BCUT2D eigenvalue weighted by Gasteiger charge is -2.29. The smallest absolute Gasteiger partial charge is 0.319 e. The van der Waals surface area contributed by atoms with Gasteiger partial charge in [0.1, 0.15) is 6.61 Å². The quantitative estimate of drug-likeness (QED) is 0.531. The highest BCUT2D eigenvalue weighted by Gasteiger charge is 2.32. The summed E-state index contributed by atoms with van der Waals surface area (Å²) in [5, 5.41) is 5.58. The number of allylic oxidation sites excluding steroid dienone is 1. The molecule has 0 fully saturated rings. The van der Waals surface area contributed by atoms with Crippen molar-refractivity contribution in [1.82, 2.24) is 10.6 Å². The van der Waals surface area contributed by atoms with Crippen molar-refractivity contribution in [3.8, 4) is 11.5 Å². The molecule has 0 radical (unpaired) electrons. The standard InChI is InChI=1S/C26H24N2O4/c1-17-23(25(29)19-11-7-4-8-12-19)24(28-26(30)27-17)20-13-14-21(22(15-20)31-2)32-16-18-9-5-3-6-10-18/h3-15,24H,16H2,1-2H3,(H2,27,28,30)/t24-/m1/s1. The fourth-order valence-corrected chi connectivity index (χ4v) is 3.71. The highest BCUT2D eigenvalue weighted by Crippen LogP contribution is 2.35. The summed E-state index contributed by atoms with van der Waals surface area (Å²) in [6.07, 6.45) is 0. The number of hydrogen-bond acceptors (Lipinski definition) is 4. The summed E-state index contributed by atoms with van der Waals surface area (Å²) in [4.78, 5) is 25.5. The van der Waals surface area contributed by atoms with Gasteiger partial charge in [-0.3, -0.25) is 4.79 Å². The number of amides is 2. The molecule has 2 N–H and O–H groups in total. The minimum absolute atomic E-state index is 0.149. The second-order valence-corrected chi connectivity index (χ2v) is 7.45. The Morgan fingerprint density at radius 1 is 0.938 bits per heavy atom. The van der Waals surface area contributed by atoms with Crippen molar-refractivity contribution < 1.29 is 19.1 Å². The normalized spacial score (nSPS) is 15.6. The van der Waals surface area contributed by atoms with Crippen LogP contribution in [0.1, 0.15) is 34.5 Å². The number of carbonyl (C=O) groups excluding carboxylic acids is 2. The molecule has 3 aromatic carbocycles. The van der Waals surface area contributed by atoms with Gasteiger partial charge in [-0.2, -0.15) is 0 Å². The molecule has 0 unspecified atom stereocenters. The third kappa shape index (κ3) is 4.49. The lowest BCUT2D eigenvalue weighted by atomic mass is 9.89. The Labute approximate surface area is 186 Å². The Kier molecular flexibility index (Phi) is 6.22. The molecule has 162 valence electrons. The Balaban J connectivity index is 1.65. The van der Waals surface area contributed by atoms with E-state index in [1.807, 2.05) is 54.6 Å². The van der Waals surface area contributed by atoms with Gasteiger partial charge in [-0.1, -0.05) is 66.7 Å². The first-order chi connectivity index (χ1) is 15.6. The number of rotatable bonds is 7. The summed E-state index contributed by atoms with van der Waals surface area (Å²) in [5.74, 6) is 0.955. The summed E-state index contributed by atoms with van der Waals surface area (Å²) in [6, 6.07) is 23.3. The van der Waals surface area contributed by atoms with Gasteiger partial charge in [-0.15, -0.1) is 0 Å². The van der Waals surface area contributed by atoms with E-state index in [2.05, 4.69) is 10.6 Å². The van der Waals surface area contributed by atoms with Gasteiger partial charge in [0, 0.05) is 16.8 Å². The van der Waals surface area contributed by atoms with Crippen molar-refractivity contribution in [2.24, 2.45) is 0 Å². The predicted octanol–water partition coefficient (Wildman–Crippen LogP) is 4.79. The first kappa shape index (κ1) is 21.2. The van der Waals surface area contributed by atoms with Gasteiger partial charge >= 0.3 is 6.03 Å². The zero-order valence-electron chi connectivity index (χ0n) is 17.9. The summed E-state index contributed by atoms with van der Waals surface area (Å²) in [6.45, 7) is 2.13. The van der Waals surface area contributed by atoms with Gasteiger partial charge in [0.25, 0.3) is 0 Å². The number of benzene rings is 3.